The summed E-state index contributed by atoms with van der Waals surface area (Å²) in [5.41, 5.74) is -2.10. The molecule has 1 fully saturated rings. The van der Waals surface area contributed by atoms with Crippen molar-refractivity contribution in [2.75, 3.05) is 37.7 Å². The van der Waals surface area contributed by atoms with E-state index in [0.29, 0.717) is 18.7 Å². The molecule has 250 valence electrons. The molecule has 3 heterocycles. The number of anilines is 1. The Morgan fingerprint density at radius 1 is 1.02 bits per heavy atom. The van der Waals surface area contributed by atoms with E-state index in [0.717, 1.165) is 12.3 Å². The first kappa shape index (κ1) is 32.3. The summed E-state index contributed by atoms with van der Waals surface area (Å²) in [7, 11) is 0. The van der Waals surface area contributed by atoms with Crippen LogP contribution in [-0.4, -0.2) is 74.7 Å². The summed E-state index contributed by atoms with van der Waals surface area (Å²) in [6.07, 6.45) is 1.07. The van der Waals surface area contributed by atoms with Crippen molar-refractivity contribution in [1.29, 1.82) is 0 Å². The Balaban J connectivity index is 1.17. The summed E-state index contributed by atoms with van der Waals surface area (Å²) in [4.78, 5) is 40.6. The van der Waals surface area contributed by atoms with Crippen LogP contribution in [0.3, 0.4) is 0 Å². The number of hydrogen-bond acceptors (Lipinski definition) is 10. The highest BCUT2D eigenvalue weighted by atomic mass is 19.1. The van der Waals surface area contributed by atoms with Gasteiger partial charge in [-0.1, -0.05) is 0 Å². The van der Waals surface area contributed by atoms with Crippen LogP contribution in [0.4, 0.5) is 14.5 Å². The number of halogens is 2. The van der Waals surface area contributed by atoms with Gasteiger partial charge in [0.2, 0.25) is 5.43 Å². The van der Waals surface area contributed by atoms with E-state index in [1.54, 1.807) is 11.8 Å². The molecular formula is C34H31F2N3O9. The molecular weight excluding hydrogens is 632 g/mol. The number of pyridine rings is 1. The smallest absolute Gasteiger partial charge is 0.341 e. The standard InChI is InChI=1S/C34H31F2N3O9/c1-3-37-16-21(34(45)46)33(44)20-13-22(35)32(30(36)31(20)37)39-7-6-38(17(2)15-39)8-9-47-19-11-25(42)29-26(43)14-27(48-28(29)12-19)18-4-5-23(40)24(41)10-18/h4-5,10-14,16-17,40-42H,3,6-9,15H2,1-2H3,(H,45,46). The fourth-order valence-corrected chi connectivity index (χ4v) is 6.13. The van der Waals surface area contributed by atoms with Gasteiger partial charge >= 0.3 is 5.97 Å². The summed E-state index contributed by atoms with van der Waals surface area (Å²) in [6, 6.07) is 8.61. The number of carboxylic acids is 1. The largest absolute Gasteiger partial charge is 0.507 e. The Hall–Kier alpha value is -5.63. The van der Waals surface area contributed by atoms with Crippen LogP contribution < -0.4 is 20.5 Å². The molecule has 2 aromatic heterocycles. The van der Waals surface area contributed by atoms with Gasteiger partial charge in [0.1, 0.15) is 51.9 Å². The van der Waals surface area contributed by atoms with E-state index < -0.39 is 39.8 Å². The molecule has 12 nitrogen and oxygen atoms in total. The number of benzene rings is 3. The lowest BCUT2D eigenvalue weighted by atomic mass is 10.1. The van der Waals surface area contributed by atoms with E-state index >= 15 is 8.78 Å². The maximum atomic E-state index is 15.9. The predicted octanol–water partition coefficient (Wildman–Crippen LogP) is 4.48. The summed E-state index contributed by atoms with van der Waals surface area (Å²) < 4.78 is 44.3. The average Bonchev–Trinajstić information content (AvgIpc) is 3.03. The van der Waals surface area contributed by atoms with Crippen molar-refractivity contribution in [3.05, 3.63) is 86.3 Å². The second kappa shape index (κ2) is 12.5. The molecule has 1 unspecified atom stereocenters. The van der Waals surface area contributed by atoms with E-state index in [9.17, 15) is 34.8 Å². The van der Waals surface area contributed by atoms with Crippen LogP contribution >= 0.6 is 0 Å². The van der Waals surface area contributed by atoms with Crippen molar-refractivity contribution in [1.82, 2.24) is 9.47 Å². The molecule has 1 saturated heterocycles. The van der Waals surface area contributed by atoms with Gasteiger partial charge < -0.3 is 39.0 Å². The summed E-state index contributed by atoms with van der Waals surface area (Å²) >= 11 is 0. The number of carbonyl (C=O) groups is 1. The van der Waals surface area contributed by atoms with Crippen LogP contribution in [0.5, 0.6) is 23.0 Å². The van der Waals surface area contributed by atoms with Crippen molar-refractivity contribution in [2.45, 2.75) is 26.4 Å². The van der Waals surface area contributed by atoms with E-state index in [2.05, 4.69) is 4.90 Å². The number of aromatic hydroxyl groups is 3. The molecule has 3 aromatic carbocycles. The Morgan fingerprint density at radius 3 is 2.48 bits per heavy atom. The highest BCUT2D eigenvalue weighted by Crippen LogP contribution is 2.35. The van der Waals surface area contributed by atoms with Gasteiger partial charge in [0.05, 0.1) is 10.9 Å². The number of phenolic OH excluding ortho intramolecular Hbond substituents is 3. The van der Waals surface area contributed by atoms with Gasteiger partial charge in [-0.2, -0.15) is 0 Å². The molecule has 14 heteroatoms. The van der Waals surface area contributed by atoms with E-state index in [1.807, 2.05) is 6.92 Å². The van der Waals surface area contributed by atoms with Crippen molar-refractivity contribution < 1.29 is 43.2 Å². The minimum Gasteiger partial charge on any atom is -0.507 e. The SMILES string of the molecule is CCn1cc(C(=O)O)c(=O)c2cc(F)c(N3CCN(CCOc4cc(O)c5c(=O)cc(-c6ccc(O)c(O)c6)oc5c4)C(C)C3)c(F)c21. The van der Waals surface area contributed by atoms with Gasteiger partial charge in [0, 0.05) is 68.7 Å². The zero-order chi connectivity index (χ0) is 34.4. The van der Waals surface area contributed by atoms with Gasteiger partial charge in [0.25, 0.3) is 0 Å². The number of carboxylic acid groups (broad SMARTS) is 1. The number of rotatable bonds is 8. The number of nitrogens with zero attached hydrogens (tertiary/aromatic N) is 3. The lowest BCUT2D eigenvalue weighted by molar-refractivity contribution is 0.0694. The monoisotopic (exact) mass is 663 g/mol. The number of aromatic carboxylic acids is 1. The van der Waals surface area contributed by atoms with Crippen molar-refractivity contribution in [3.8, 4) is 34.3 Å². The molecule has 4 N–H and O–H groups in total. The Labute approximate surface area is 270 Å². The molecule has 6 rings (SSSR count). The van der Waals surface area contributed by atoms with E-state index in [1.165, 1.54) is 41.0 Å². The average molecular weight is 664 g/mol. The summed E-state index contributed by atoms with van der Waals surface area (Å²) in [5, 5.41) is 39.0. The highest BCUT2D eigenvalue weighted by Gasteiger charge is 2.30. The lowest BCUT2D eigenvalue weighted by Gasteiger charge is -2.41. The molecule has 1 atom stereocenters. The zero-order valence-corrected chi connectivity index (χ0v) is 25.9. The molecule has 0 amide bonds. The van der Waals surface area contributed by atoms with Gasteiger partial charge in [-0.05, 0) is 38.1 Å². The molecule has 0 radical (unpaired) electrons. The van der Waals surface area contributed by atoms with Gasteiger partial charge in [-0.3, -0.25) is 14.5 Å². The molecule has 5 aromatic rings. The van der Waals surface area contributed by atoms with Crippen LogP contribution in [-0.2, 0) is 6.54 Å². The van der Waals surface area contributed by atoms with Crippen LogP contribution in [0.25, 0.3) is 33.2 Å². The third kappa shape index (κ3) is 5.74. The number of ether oxygens (including phenoxy) is 1. The number of hydrogen-bond donors (Lipinski definition) is 4. The van der Waals surface area contributed by atoms with Crippen molar-refractivity contribution in [3.63, 3.8) is 0 Å². The van der Waals surface area contributed by atoms with Crippen molar-refractivity contribution >= 4 is 33.5 Å². The summed E-state index contributed by atoms with van der Waals surface area (Å²) in [6.45, 7) is 5.22. The minimum absolute atomic E-state index is 0.0502. The third-order valence-electron chi connectivity index (χ3n) is 8.57. The first-order chi connectivity index (χ1) is 22.9. The van der Waals surface area contributed by atoms with Gasteiger partial charge in [0.15, 0.2) is 22.7 Å². The number of aryl methyl sites for hydroxylation is 1. The highest BCUT2D eigenvalue weighted by molar-refractivity contribution is 5.94. The Bertz CT molecular complexity index is 2220. The molecule has 48 heavy (non-hydrogen) atoms. The molecule has 0 aliphatic carbocycles. The first-order valence-electron chi connectivity index (χ1n) is 15.1. The summed E-state index contributed by atoms with van der Waals surface area (Å²) in [5.74, 6) is -4.10. The fourth-order valence-electron chi connectivity index (χ4n) is 6.13. The van der Waals surface area contributed by atoms with Crippen LogP contribution in [0, 0.1) is 11.6 Å². The third-order valence-corrected chi connectivity index (χ3v) is 8.57. The minimum atomic E-state index is -1.48. The van der Waals surface area contributed by atoms with Crippen LogP contribution in [0.15, 0.2) is 62.7 Å². The molecule has 0 bridgehead atoms. The predicted molar refractivity (Wildman–Crippen MR) is 172 cm³/mol. The molecule has 1 aliphatic rings. The number of fused-ring (bicyclic) bond motifs is 2. The molecule has 0 saturated carbocycles. The topological polar surface area (TPSA) is 166 Å². The molecule has 0 spiro atoms. The fraction of sp³-hybridized carbons (Fsp3) is 0.265. The maximum absolute atomic E-state index is 15.9. The second-order valence-corrected chi connectivity index (χ2v) is 11.6. The van der Waals surface area contributed by atoms with Gasteiger partial charge in [-0.25, -0.2) is 13.6 Å². The Kier molecular flexibility index (Phi) is 8.43. The van der Waals surface area contributed by atoms with Crippen LogP contribution in [0.1, 0.15) is 24.2 Å². The first-order valence-corrected chi connectivity index (χ1v) is 15.1. The van der Waals surface area contributed by atoms with Crippen molar-refractivity contribution in [2.24, 2.45) is 0 Å². The normalized spacial score (nSPS) is 15.3. The number of phenols is 3. The van der Waals surface area contributed by atoms with Crippen LogP contribution in [0.2, 0.25) is 0 Å². The lowest BCUT2D eigenvalue weighted by Crippen LogP contribution is -2.53. The van der Waals surface area contributed by atoms with E-state index in [4.69, 9.17) is 9.15 Å². The maximum Gasteiger partial charge on any atom is 0.341 e. The number of piperazine rings is 1. The molecule has 1 aliphatic heterocycles. The zero-order valence-electron chi connectivity index (χ0n) is 25.9. The van der Waals surface area contributed by atoms with E-state index in [-0.39, 0.29) is 82.9 Å². The van der Waals surface area contributed by atoms with Gasteiger partial charge in [-0.15, -0.1) is 0 Å². The number of aromatic nitrogens is 1. The second-order valence-electron chi connectivity index (χ2n) is 11.6. The Morgan fingerprint density at radius 2 is 1.79 bits per heavy atom. The quantitative estimate of drug-likeness (QED) is 0.173.